The number of anilines is 1. The van der Waals surface area contributed by atoms with Crippen molar-refractivity contribution in [3.63, 3.8) is 0 Å². The highest BCUT2D eigenvalue weighted by Gasteiger charge is 2.10. The van der Waals surface area contributed by atoms with Crippen LogP contribution in [0.25, 0.3) is 22.2 Å². The Morgan fingerprint density at radius 3 is 2.72 bits per heavy atom. The summed E-state index contributed by atoms with van der Waals surface area (Å²) in [6.07, 6.45) is 1.09. The fourth-order valence-electron chi connectivity index (χ4n) is 2.93. The Hall–Kier alpha value is -3.39. The van der Waals surface area contributed by atoms with Crippen molar-refractivity contribution >= 4 is 33.3 Å². The predicted molar refractivity (Wildman–Crippen MR) is 114 cm³/mol. The molecule has 2 aromatic carbocycles. The lowest BCUT2D eigenvalue weighted by molar-refractivity contribution is -0.116. The maximum absolute atomic E-state index is 12.4. The SMILES string of the molecule is CCc1ccc(-c2csc(NC(=O)CCn3nnc4ccccc4c3=O)n2)cc1. The molecular formula is C21H19N5O2S. The molecule has 146 valence electrons. The van der Waals surface area contributed by atoms with E-state index in [0.29, 0.717) is 16.0 Å². The number of carbonyl (C=O) groups is 1. The van der Waals surface area contributed by atoms with E-state index in [4.69, 9.17) is 0 Å². The molecule has 4 rings (SSSR count). The number of fused-ring (bicyclic) bond motifs is 1. The Kier molecular flexibility index (Phi) is 5.44. The van der Waals surface area contributed by atoms with E-state index in [0.717, 1.165) is 17.7 Å². The molecule has 0 aliphatic carbocycles. The quantitative estimate of drug-likeness (QED) is 0.530. The third kappa shape index (κ3) is 4.22. The third-order valence-electron chi connectivity index (χ3n) is 4.59. The van der Waals surface area contributed by atoms with Crippen molar-refractivity contribution in [3.8, 4) is 11.3 Å². The highest BCUT2D eigenvalue weighted by molar-refractivity contribution is 7.14. The molecule has 0 saturated heterocycles. The number of carbonyl (C=O) groups excluding carboxylic acids is 1. The third-order valence-corrected chi connectivity index (χ3v) is 5.35. The summed E-state index contributed by atoms with van der Waals surface area (Å²) < 4.78 is 1.21. The fraction of sp³-hybridized carbons (Fsp3) is 0.190. The standard InChI is InChI=1S/C21H19N5O2S/c1-2-14-7-9-15(10-8-14)18-13-29-21(22-18)23-19(27)11-12-26-20(28)16-5-3-4-6-17(16)24-25-26/h3-10,13H,2,11-12H2,1H3,(H,22,23,27). The highest BCUT2D eigenvalue weighted by Crippen LogP contribution is 2.25. The molecule has 0 saturated carbocycles. The van der Waals surface area contributed by atoms with E-state index in [-0.39, 0.29) is 24.4 Å². The van der Waals surface area contributed by atoms with Gasteiger partial charge in [-0.3, -0.25) is 9.59 Å². The van der Waals surface area contributed by atoms with Crippen LogP contribution in [0.1, 0.15) is 18.9 Å². The molecule has 4 aromatic rings. The number of amides is 1. The maximum atomic E-state index is 12.4. The first-order valence-electron chi connectivity index (χ1n) is 9.31. The van der Waals surface area contributed by atoms with E-state index in [1.165, 1.54) is 21.6 Å². The molecular weight excluding hydrogens is 386 g/mol. The van der Waals surface area contributed by atoms with Gasteiger partial charge in [0.25, 0.3) is 5.56 Å². The van der Waals surface area contributed by atoms with Crippen molar-refractivity contribution in [1.82, 2.24) is 20.0 Å². The minimum absolute atomic E-state index is 0.104. The number of benzene rings is 2. The van der Waals surface area contributed by atoms with Gasteiger partial charge in [0, 0.05) is 17.4 Å². The van der Waals surface area contributed by atoms with E-state index < -0.39 is 0 Å². The zero-order valence-corrected chi connectivity index (χ0v) is 16.6. The summed E-state index contributed by atoms with van der Waals surface area (Å²) in [6.45, 7) is 2.27. The van der Waals surface area contributed by atoms with Gasteiger partial charge in [-0.1, -0.05) is 48.5 Å². The van der Waals surface area contributed by atoms with Crippen LogP contribution in [0.2, 0.25) is 0 Å². The molecule has 0 fully saturated rings. The van der Waals surface area contributed by atoms with Crippen LogP contribution >= 0.6 is 11.3 Å². The van der Waals surface area contributed by atoms with E-state index in [9.17, 15) is 9.59 Å². The van der Waals surface area contributed by atoms with Gasteiger partial charge in [-0.2, -0.15) is 0 Å². The van der Waals surface area contributed by atoms with Crippen molar-refractivity contribution in [2.24, 2.45) is 0 Å². The summed E-state index contributed by atoms with van der Waals surface area (Å²) in [5.74, 6) is -0.228. The molecule has 29 heavy (non-hydrogen) atoms. The molecule has 0 radical (unpaired) electrons. The summed E-state index contributed by atoms with van der Waals surface area (Å²) in [7, 11) is 0. The molecule has 2 heterocycles. The number of hydrogen-bond acceptors (Lipinski definition) is 6. The first-order chi connectivity index (χ1) is 14.1. The second kappa shape index (κ2) is 8.32. The number of aromatic nitrogens is 4. The van der Waals surface area contributed by atoms with Crippen LogP contribution in [0.3, 0.4) is 0 Å². The minimum atomic E-state index is -0.254. The number of hydrogen-bond donors (Lipinski definition) is 1. The van der Waals surface area contributed by atoms with Gasteiger partial charge in [0.05, 0.1) is 17.6 Å². The Labute approximate surface area is 171 Å². The van der Waals surface area contributed by atoms with Gasteiger partial charge >= 0.3 is 0 Å². The molecule has 0 unspecified atom stereocenters. The lowest BCUT2D eigenvalue weighted by Crippen LogP contribution is -2.26. The van der Waals surface area contributed by atoms with Gasteiger partial charge in [0.2, 0.25) is 5.91 Å². The molecule has 0 aliphatic rings. The second-order valence-electron chi connectivity index (χ2n) is 6.52. The van der Waals surface area contributed by atoms with Crippen LogP contribution in [0.15, 0.2) is 58.7 Å². The lowest BCUT2D eigenvalue weighted by Gasteiger charge is -2.05. The predicted octanol–water partition coefficient (Wildman–Crippen LogP) is 3.51. The first-order valence-corrected chi connectivity index (χ1v) is 10.2. The van der Waals surface area contributed by atoms with Crippen LogP contribution in [-0.2, 0) is 17.8 Å². The Morgan fingerprint density at radius 1 is 1.14 bits per heavy atom. The topological polar surface area (TPSA) is 89.8 Å². The van der Waals surface area contributed by atoms with Crippen LogP contribution < -0.4 is 10.9 Å². The van der Waals surface area contributed by atoms with Crippen molar-refractivity contribution < 1.29 is 4.79 Å². The van der Waals surface area contributed by atoms with Crippen LogP contribution in [0.4, 0.5) is 5.13 Å². The van der Waals surface area contributed by atoms with Gasteiger partial charge in [0.1, 0.15) is 5.52 Å². The molecule has 0 bridgehead atoms. The Bertz CT molecular complexity index is 1210. The zero-order valence-electron chi connectivity index (χ0n) is 15.8. The van der Waals surface area contributed by atoms with Crippen LogP contribution in [-0.4, -0.2) is 25.9 Å². The summed E-state index contributed by atoms with van der Waals surface area (Å²) >= 11 is 1.37. The number of rotatable bonds is 6. The summed E-state index contributed by atoms with van der Waals surface area (Å²) in [5.41, 5.74) is 3.39. The Balaban J connectivity index is 1.40. The van der Waals surface area contributed by atoms with E-state index in [2.05, 4.69) is 39.7 Å². The van der Waals surface area contributed by atoms with Crippen molar-refractivity contribution in [2.75, 3.05) is 5.32 Å². The molecule has 0 spiro atoms. The van der Waals surface area contributed by atoms with Crippen molar-refractivity contribution in [1.29, 1.82) is 0 Å². The Morgan fingerprint density at radius 2 is 1.93 bits per heavy atom. The van der Waals surface area contributed by atoms with E-state index in [1.54, 1.807) is 24.3 Å². The number of thiazole rings is 1. The number of aryl methyl sites for hydroxylation is 2. The normalized spacial score (nSPS) is 10.9. The van der Waals surface area contributed by atoms with Crippen LogP contribution in [0.5, 0.6) is 0 Å². The van der Waals surface area contributed by atoms with Gasteiger partial charge in [-0.15, -0.1) is 16.4 Å². The lowest BCUT2D eigenvalue weighted by atomic mass is 10.1. The molecule has 0 aliphatic heterocycles. The van der Waals surface area contributed by atoms with Gasteiger partial charge in [0.15, 0.2) is 5.13 Å². The largest absolute Gasteiger partial charge is 0.302 e. The minimum Gasteiger partial charge on any atom is -0.302 e. The smallest absolute Gasteiger partial charge is 0.277 e. The van der Waals surface area contributed by atoms with E-state index >= 15 is 0 Å². The highest BCUT2D eigenvalue weighted by atomic mass is 32.1. The monoisotopic (exact) mass is 405 g/mol. The fourth-order valence-corrected chi connectivity index (χ4v) is 3.67. The second-order valence-corrected chi connectivity index (χ2v) is 7.38. The number of nitrogens with zero attached hydrogens (tertiary/aromatic N) is 4. The summed E-state index contributed by atoms with van der Waals surface area (Å²) in [4.78, 5) is 29.2. The first kappa shape index (κ1) is 18.9. The van der Waals surface area contributed by atoms with Gasteiger partial charge < -0.3 is 5.32 Å². The molecule has 1 amide bonds. The molecule has 0 atom stereocenters. The van der Waals surface area contributed by atoms with Crippen LogP contribution in [0, 0.1) is 0 Å². The van der Waals surface area contributed by atoms with Gasteiger partial charge in [-0.05, 0) is 24.1 Å². The molecule has 1 N–H and O–H groups in total. The zero-order chi connectivity index (χ0) is 20.2. The summed E-state index contributed by atoms with van der Waals surface area (Å²) in [6, 6.07) is 15.2. The molecule has 2 aromatic heterocycles. The summed E-state index contributed by atoms with van der Waals surface area (Å²) in [5, 5.41) is 13.6. The van der Waals surface area contributed by atoms with Gasteiger partial charge in [-0.25, -0.2) is 9.67 Å². The number of nitrogens with one attached hydrogen (secondary N) is 1. The van der Waals surface area contributed by atoms with E-state index in [1.807, 2.05) is 17.5 Å². The van der Waals surface area contributed by atoms with Crippen molar-refractivity contribution in [3.05, 3.63) is 69.8 Å². The molecule has 8 heteroatoms. The van der Waals surface area contributed by atoms with Crippen molar-refractivity contribution in [2.45, 2.75) is 26.3 Å². The maximum Gasteiger partial charge on any atom is 0.277 e. The molecule has 7 nitrogen and oxygen atoms in total. The average Bonchev–Trinajstić information content (AvgIpc) is 3.22. The average molecular weight is 405 g/mol.